The van der Waals surface area contributed by atoms with Gasteiger partial charge in [-0.3, -0.25) is 4.79 Å². The number of likely N-dealkylation sites (tertiary alicyclic amines) is 1. The van der Waals surface area contributed by atoms with Gasteiger partial charge in [0.25, 0.3) is 0 Å². The number of rotatable bonds is 2. The molecule has 0 radical (unpaired) electrons. The van der Waals surface area contributed by atoms with E-state index in [0.29, 0.717) is 0 Å². The Hall–Kier alpha value is -1.13. The van der Waals surface area contributed by atoms with Gasteiger partial charge in [0.15, 0.2) is 0 Å². The fourth-order valence-electron chi connectivity index (χ4n) is 4.42. The van der Waals surface area contributed by atoms with E-state index < -0.39 is 6.10 Å². The summed E-state index contributed by atoms with van der Waals surface area (Å²) in [5.74, 6) is -0.456. The summed E-state index contributed by atoms with van der Waals surface area (Å²) in [5, 5.41) is 10.8. The molecular formula is C20H31NO3. The van der Waals surface area contributed by atoms with Crippen LogP contribution >= 0.6 is 0 Å². The molecule has 0 aromatic rings. The molecule has 1 aliphatic carbocycles. The molecule has 0 aromatic carbocycles. The fourth-order valence-corrected chi connectivity index (χ4v) is 4.42. The highest BCUT2D eigenvalue weighted by Crippen LogP contribution is 2.37. The monoisotopic (exact) mass is 333 g/mol. The molecule has 2 fully saturated rings. The lowest BCUT2D eigenvalue weighted by molar-refractivity contribution is -0.144. The van der Waals surface area contributed by atoms with Crippen molar-refractivity contribution in [1.29, 1.82) is 0 Å². The Labute approximate surface area is 145 Å². The molecule has 0 saturated carbocycles. The lowest BCUT2D eigenvalue weighted by atomic mass is 9.81. The fraction of sp³-hybridized carbons (Fsp3) is 0.750. The number of hydrogen-bond donors (Lipinski definition) is 1. The highest BCUT2D eigenvalue weighted by Gasteiger charge is 2.48. The molecular weight excluding hydrogens is 302 g/mol. The number of aliphatic hydroxyl groups is 1. The zero-order valence-electron chi connectivity index (χ0n) is 15.0. The van der Waals surface area contributed by atoms with Crippen LogP contribution in [0.2, 0.25) is 0 Å². The smallest absolute Gasteiger partial charge is 0.311 e. The quantitative estimate of drug-likeness (QED) is 0.623. The van der Waals surface area contributed by atoms with Crippen molar-refractivity contribution in [3.63, 3.8) is 0 Å². The van der Waals surface area contributed by atoms with Crippen molar-refractivity contribution in [3.05, 3.63) is 23.3 Å². The Morgan fingerprint density at radius 3 is 2.71 bits per heavy atom. The first-order chi connectivity index (χ1) is 11.5. The van der Waals surface area contributed by atoms with Crippen LogP contribution in [-0.4, -0.2) is 47.8 Å². The van der Waals surface area contributed by atoms with Crippen molar-refractivity contribution in [2.75, 3.05) is 19.6 Å². The molecule has 24 heavy (non-hydrogen) atoms. The van der Waals surface area contributed by atoms with Gasteiger partial charge >= 0.3 is 5.97 Å². The lowest BCUT2D eigenvalue weighted by Gasteiger charge is -2.31. The molecule has 0 amide bonds. The molecule has 1 N–H and O–H groups in total. The van der Waals surface area contributed by atoms with Crippen molar-refractivity contribution in [2.45, 2.75) is 64.6 Å². The molecule has 2 heterocycles. The van der Waals surface area contributed by atoms with Crippen molar-refractivity contribution in [2.24, 2.45) is 11.8 Å². The number of aliphatic hydroxyl groups excluding tert-OH is 1. The first kappa shape index (κ1) is 17.7. The normalized spacial score (nSPS) is 40.0. The summed E-state index contributed by atoms with van der Waals surface area (Å²) >= 11 is 0. The molecule has 3 aliphatic rings. The Balaban J connectivity index is 1.81. The Morgan fingerprint density at radius 1 is 1.21 bits per heavy atom. The van der Waals surface area contributed by atoms with E-state index in [2.05, 4.69) is 24.8 Å². The van der Waals surface area contributed by atoms with Gasteiger partial charge in [0.2, 0.25) is 0 Å². The first-order valence-corrected chi connectivity index (χ1v) is 9.48. The molecule has 0 aromatic heterocycles. The maximum atomic E-state index is 12.5. The third-order valence-corrected chi connectivity index (χ3v) is 5.77. The van der Waals surface area contributed by atoms with E-state index in [-0.39, 0.29) is 23.9 Å². The number of allylic oxidation sites excluding steroid dienone is 2. The SMILES string of the molecule is C/C1=C/CC/C(C)=C/[C@@H](O)C2C(CN3CCCCC3)C(=O)O[C@H]2C1. The highest BCUT2D eigenvalue weighted by molar-refractivity contribution is 5.76. The van der Waals surface area contributed by atoms with Crippen LogP contribution in [0.25, 0.3) is 0 Å². The van der Waals surface area contributed by atoms with E-state index in [9.17, 15) is 9.90 Å². The van der Waals surface area contributed by atoms with Crippen LogP contribution in [0, 0.1) is 11.8 Å². The van der Waals surface area contributed by atoms with Gasteiger partial charge in [-0.2, -0.15) is 0 Å². The van der Waals surface area contributed by atoms with Crippen LogP contribution in [0.15, 0.2) is 23.3 Å². The molecule has 4 nitrogen and oxygen atoms in total. The predicted octanol–water partition coefficient (Wildman–Crippen LogP) is 3.07. The van der Waals surface area contributed by atoms with Crippen LogP contribution in [0.3, 0.4) is 0 Å². The van der Waals surface area contributed by atoms with E-state index in [1.165, 1.54) is 30.4 Å². The van der Waals surface area contributed by atoms with Crippen LogP contribution in [0.4, 0.5) is 0 Å². The number of ether oxygens (including phenoxy) is 1. The van der Waals surface area contributed by atoms with Gasteiger partial charge in [0.05, 0.1) is 12.0 Å². The van der Waals surface area contributed by atoms with E-state index in [1.807, 2.05) is 6.08 Å². The average molecular weight is 333 g/mol. The van der Waals surface area contributed by atoms with E-state index in [1.54, 1.807) is 0 Å². The van der Waals surface area contributed by atoms with E-state index in [4.69, 9.17) is 4.74 Å². The summed E-state index contributed by atoms with van der Waals surface area (Å²) in [5.41, 5.74) is 2.46. The van der Waals surface area contributed by atoms with Crippen LogP contribution in [-0.2, 0) is 9.53 Å². The molecule has 4 atom stereocenters. The standard InChI is InChI=1S/C20H31NO3/c1-14-7-6-8-15(2)12-18-19(17(22)11-14)16(20(23)24-18)13-21-9-4-3-5-10-21/h8,11,16-19,22H,3-7,9-10,12-13H2,1-2H3/b14-11+,15-8-/t16?,17-,18+,19?/m1/s1. The number of piperidine rings is 1. The third kappa shape index (κ3) is 4.09. The molecule has 134 valence electrons. The Bertz CT molecular complexity index is 519. The van der Waals surface area contributed by atoms with E-state index >= 15 is 0 Å². The molecule has 4 heteroatoms. The Kier molecular flexibility index (Phi) is 5.77. The van der Waals surface area contributed by atoms with Gasteiger partial charge in [-0.25, -0.2) is 0 Å². The zero-order valence-corrected chi connectivity index (χ0v) is 15.0. The molecule has 0 spiro atoms. The first-order valence-electron chi connectivity index (χ1n) is 9.48. The highest BCUT2D eigenvalue weighted by atomic mass is 16.6. The van der Waals surface area contributed by atoms with Crippen molar-refractivity contribution < 1.29 is 14.6 Å². The van der Waals surface area contributed by atoms with Gasteiger partial charge in [-0.05, 0) is 52.6 Å². The zero-order chi connectivity index (χ0) is 17.1. The minimum absolute atomic E-state index is 0.118. The van der Waals surface area contributed by atoms with Gasteiger partial charge in [0.1, 0.15) is 6.10 Å². The predicted molar refractivity (Wildman–Crippen MR) is 94.5 cm³/mol. The second kappa shape index (κ2) is 7.83. The number of nitrogens with zero attached hydrogens (tertiary/aromatic N) is 1. The summed E-state index contributed by atoms with van der Waals surface area (Å²) in [4.78, 5) is 14.9. The molecule has 2 unspecified atom stereocenters. The number of carbonyl (C=O) groups is 1. The van der Waals surface area contributed by atoms with Crippen LogP contribution in [0.1, 0.15) is 52.4 Å². The van der Waals surface area contributed by atoms with Crippen molar-refractivity contribution >= 4 is 5.97 Å². The topological polar surface area (TPSA) is 49.8 Å². The minimum atomic E-state index is -0.595. The minimum Gasteiger partial charge on any atom is -0.461 e. The van der Waals surface area contributed by atoms with Crippen LogP contribution in [0.5, 0.6) is 0 Å². The molecule has 2 saturated heterocycles. The van der Waals surface area contributed by atoms with Gasteiger partial charge in [-0.15, -0.1) is 0 Å². The molecule has 2 aliphatic heterocycles. The average Bonchev–Trinajstić information content (AvgIpc) is 2.83. The lowest BCUT2D eigenvalue weighted by Crippen LogP contribution is -2.41. The van der Waals surface area contributed by atoms with E-state index in [0.717, 1.165) is 38.9 Å². The largest absolute Gasteiger partial charge is 0.461 e. The number of hydrogen-bond acceptors (Lipinski definition) is 4. The second-order valence-corrected chi connectivity index (χ2v) is 7.82. The van der Waals surface area contributed by atoms with Gasteiger partial charge in [-0.1, -0.05) is 29.7 Å². The third-order valence-electron chi connectivity index (χ3n) is 5.77. The second-order valence-electron chi connectivity index (χ2n) is 7.82. The van der Waals surface area contributed by atoms with Crippen molar-refractivity contribution in [1.82, 2.24) is 4.90 Å². The number of fused-ring (bicyclic) bond motifs is 1. The summed E-state index contributed by atoms with van der Waals surface area (Å²) in [6, 6.07) is 0. The number of carbonyl (C=O) groups excluding carboxylic acids is 1. The Morgan fingerprint density at radius 2 is 1.96 bits per heavy atom. The maximum absolute atomic E-state index is 12.5. The number of esters is 1. The summed E-state index contributed by atoms with van der Waals surface area (Å²) in [6.07, 6.45) is 9.82. The summed E-state index contributed by atoms with van der Waals surface area (Å²) < 4.78 is 5.73. The van der Waals surface area contributed by atoms with Gasteiger partial charge in [0, 0.05) is 18.9 Å². The van der Waals surface area contributed by atoms with Gasteiger partial charge < -0.3 is 14.7 Å². The van der Waals surface area contributed by atoms with Crippen LogP contribution < -0.4 is 0 Å². The molecule has 3 rings (SSSR count). The molecule has 0 bridgehead atoms. The summed E-state index contributed by atoms with van der Waals surface area (Å²) in [6.45, 7) is 7.03. The summed E-state index contributed by atoms with van der Waals surface area (Å²) in [7, 11) is 0. The maximum Gasteiger partial charge on any atom is 0.311 e. The van der Waals surface area contributed by atoms with Crippen molar-refractivity contribution in [3.8, 4) is 0 Å².